The van der Waals surface area contributed by atoms with Gasteiger partial charge in [0, 0.05) is 24.5 Å². The van der Waals surface area contributed by atoms with Gasteiger partial charge in [-0.2, -0.15) is 5.10 Å². The number of amides is 2. The highest BCUT2D eigenvalue weighted by atomic mass is 16.3. The van der Waals surface area contributed by atoms with Gasteiger partial charge in [-0.3, -0.25) is 14.6 Å². The van der Waals surface area contributed by atoms with E-state index in [4.69, 9.17) is 0 Å². The highest BCUT2D eigenvalue weighted by Gasteiger charge is 2.08. The van der Waals surface area contributed by atoms with E-state index in [1.807, 2.05) is 6.07 Å². The quantitative estimate of drug-likeness (QED) is 0.419. The molecule has 0 fully saturated rings. The van der Waals surface area contributed by atoms with Gasteiger partial charge in [-0.25, -0.2) is 5.43 Å². The molecule has 0 atom stereocenters. The normalized spacial score (nSPS) is 10.4. The van der Waals surface area contributed by atoms with Gasteiger partial charge in [0.05, 0.1) is 6.21 Å². The van der Waals surface area contributed by atoms with Crippen LogP contribution in [-0.4, -0.2) is 28.1 Å². The van der Waals surface area contributed by atoms with Gasteiger partial charge in [0.2, 0.25) is 11.8 Å². The Kier molecular flexibility index (Phi) is 5.81. The summed E-state index contributed by atoms with van der Waals surface area (Å²) < 4.78 is 0. The highest BCUT2D eigenvalue weighted by Crippen LogP contribution is 2.12. The average molecular weight is 312 g/mol. The molecule has 0 aliphatic heterocycles. The molecule has 1 aromatic heterocycles. The third-order valence-electron chi connectivity index (χ3n) is 2.86. The molecule has 1 heterocycles. The monoisotopic (exact) mass is 312 g/mol. The number of para-hydroxylation sites is 1. The van der Waals surface area contributed by atoms with Crippen molar-refractivity contribution < 1.29 is 14.7 Å². The Hall–Kier alpha value is -3.22. The number of hydrogen-bond donors (Lipinski definition) is 3. The number of nitrogens with one attached hydrogen (secondary N) is 2. The fourth-order valence-corrected chi connectivity index (χ4v) is 1.72. The molecule has 118 valence electrons. The smallest absolute Gasteiger partial charge is 0.249 e. The number of hydrogen-bond acceptors (Lipinski definition) is 5. The van der Waals surface area contributed by atoms with Crippen molar-refractivity contribution in [1.29, 1.82) is 0 Å². The SMILES string of the molecule is O=C(CC(=O)N/N=C/c1ccccc1O)NCc1cccnc1. The number of aromatic nitrogens is 1. The minimum atomic E-state index is -0.541. The van der Waals surface area contributed by atoms with Crippen LogP contribution in [0, 0.1) is 0 Å². The van der Waals surface area contributed by atoms with E-state index in [1.165, 1.54) is 12.3 Å². The molecule has 7 heteroatoms. The molecule has 0 spiro atoms. The second kappa shape index (κ2) is 8.28. The third-order valence-corrected chi connectivity index (χ3v) is 2.86. The Bertz CT molecular complexity index is 701. The zero-order chi connectivity index (χ0) is 16.5. The van der Waals surface area contributed by atoms with Crippen LogP contribution in [0.25, 0.3) is 0 Å². The highest BCUT2D eigenvalue weighted by molar-refractivity contribution is 5.97. The molecule has 1 aromatic carbocycles. The number of hydrazone groups is 1. The second-order valence-electron chi connectivity index (χ2n) is 4.67. The van der Waals surface area contributed by atoms with Gasteiger partial charge in [-0.05, 0) is 23.8 Å². The lowest BCUT2D eigenvalue weighted by molar-refractivity contribution is -0.129. The molecular formula is C16H16N4O3. The molecule has 0 saturated carbocycles. The maximum absolute atomic E-state index is 11.6. The third kappa shape index (κ3) is 5.58. The average Bonchev–Trinajstić information content (AvgIpc) is 2.56. The molecule has 0 aliphatic carbocycles. The summed E-state index contributed by atoms with van der Waals surface area (Å²) in [5.41, 5.74) is 3.55. The first-order valence-electron chi connectivity index (χ1n) is 6.90. The van der Waals surface area contributed by atoms with E-state index in [1.54, 1.807) is 36.7 Å². The lowest BCUT2D eigenvalue weighted by Gasteiger charge is -2.04. The number of phenols is 1. The van der Waals surface area contributed by atoms with Crippen LogP contribution in [0.1, 0.15) is 17.5 Å². The first-order chi connectivity index (χ1) is 11.1. The fraction of sp³-hybridized carbons (Fsp3) is 0.125. The van der Waals surface area contributed by atoms with E-state index >= 15 is 0 Å². The largest absolute Gasteiger partial charge is 0.507 e. The summed E-state index contributed by atoms with van der Waals surface area (Å²) in [4.78, 5) is 27.1. The first-order valence-corrected chi connectivity index (χ1v) is 6.90. The zero-order valence-corrected chi connectivity index (χ0v) is 12.3. The second-order valence-corrected chi connectivity index (χ2v) is 4.67. The minimum absolute atomic E-state index is 0.0553. The van der Waals surface area contributed by atoms with Gasteiger partial charge in [0.25, 0.3) is 0 Å². The first kappa shape index (κ1) is 16.2. The van der Waals surface area contributed by atoms with Crippen molar-refractivity contribution in [2.75, 3.05) is 0 Å². The van der Waals surface area contributed by atoms with E-state index in [9.17, 15) is 14.7 Å². The Morgan fingerprint density at radius 3 is 2.74 bits per heavy atom. The molecule has 0 aliphatic rings. The number of aromatic hydroxyl groups is 1. The van der Waals surface area contributed by atoms with Crippen LogP contribution in [-0.2, 0) is 16.1 Å². The van der Waals surface area contributed by atoms with Gasteiger partial charge in [-0.15, -0.1) is 0 Å². The van der Waals surface area contributed by atoms with Gasteiger partial charge >= 0.3 is 0 Å². The Morgan fingerprint density at radius 1 is 1.17 bits per heavy atom. The number of phenolic OH excluding ortho intramolecular Hbond substituents is 1. The summed E-state index contributed by atoms with van der Waals surface area (Å²) in [5, 5.41) is 15.8. The molecule has 2 aromatic rings. The molecule has 23 heavy (non-hydrogen) atoms. The number of carbonyl (C=O) groups excluding carboxylic acids is 2. The van der Waals surface area contributed by atoms with Crippen LogP contribution in [0.15, 0.2) is 53.9 Å². The predicted molar refractivity (Wildman–Crippen MR) is 84.5 cm³/mol. The Morgan fingerprint density at radius 2 is 2.00 bits per heavy atom. The van der Waals surface area contributed by atoms with Crippen molar-refractivity contribution in [3.05, 3.63) is 59.9 Å². The summed E-state index contributed by atoms with van der Waals surface area (Å²) in [6.45, 7) is 0.307. The molecule has 3 N–H and O–H groups in total. The predicted octanol–water partition coefficient (Wildman–Crippen LogP) is 0.944. The van der Waals surface area contributed by atoms with E-state index in [0.717, 1.165) is 5.56 Å². The van der Waals surface area contributed by atoms with Crippen LogP contribution < -0.4 is 10.7 Å². The minimum Gasteiger partial charge on any atom is -0.507 e. The molecule has 7 nitrogen and oxygen atoms in total. The summed E-state index contributed by atoms with van der Waals surface area (Å²) in [6.07, 6.45) is 4.25. The number of nitrogens with zero attached hydrogens (tertiary/aromatic N) is 2. The van der Waals surface area contributed by atoms with E-state index < -0.39 is 11.8 Å². The van der Waals surface area contributed by atoms with Gasteiger partial charge in [0.15, 0.2) is 0 Å². The number of carbonyl (C=O) groups is 2. The van der Waals surface area contributed by atoms with Crippen molar-refractivity contribution in [2.24, 2.45) is 5.10 Å². The van der Waals surface area contributed by atoms with Crippen LogP contribution in [0.3, 0.4) is 0 Å². The standard InChI is InChI=1S/C16H16N4O3/c21-14-6-2-1-5-13(14)11-19-20-16(23)8-15(22)18-10-12-4-3-7-17-9-12/h1-7,9,11,21H,8,10H2,(H,18,22)(H,20,23)/b19-11+. The number of pyridine rings is 1. The molecular weight excluding hydrogens is 296 g/mol. The summed E-state index contributed by atoms with van der Waals surface area (Å²) in [5.74, 6) is -0.899. The van der Waals surface area contributed by atoms with Gasteiger partial charge in [0.1, 0.15) is 12.2 Å². The van der Waals surface area contributed by atoms with E-state index in [0.29, 0.717) is 12.1 Å². The fourth-order valence-electron chi connectivity index (χ4n) is 1.72. The summed E-state index contributed by atoms with van der Waals surface area (Å²) in [6, 6.07) is 10.2. The van der Waals surface area contributed by atoms with E-state index in [-0.39, 0.29) is 12.2 Å². The van der Waals surface area contributed by atoms with Crippen LogP contribution in [0.4, 0.5) is 0 Å². The van der Waals surface area contributed by atoms with Gasteiger partial charge < -0.3 is 10.4 Å². The lowest BCUT2D eigenvalue weighted by Crippen LogP contribution is -2.29. The number of benzene rings is 1. The van der Waals surface area contributed by atoms with Gasteiger partial charge in [-0.1, -0.05) is 18.2 Å². The van der Waals surface area contributed by atoms with Crippen molar-refractivity contribution >= 4 is 18.0 Å². The molecule has 0 radical (unpaired) electrons. The molecule has 0 unspecified atom stereocenters. The van der Waals surface area contributed by atoms with Crippen molar-refractivity contribution in [3.8, 4) is 5.75 Å². The molecule has 2 amide bonds. The van der Waals surface area contributed by atoms with Crippen LogP contribution in [0.5, 0.6) is 5.75 Å². The summed E-state index contributed by atoms with van der Waals surface area (Å²) in [7, 11) is 0. The van der Waals surface area contributed by atoms with Crippen molar-refractivity contribution in [1.82, 2.24) is 15.7 Å². The van der Waals surface area contributed by atoms with Crippen LogP contribution >= 0.6 is 0 Å². The number of rotatable bonds is 6. The lowest BCUT2D eigenvalue weighted by atomic mass is 10.2. The molecule has 0 bridgehead atoms. The van der Waals surface area contributed by atoms with Crippen molar-refractivity contribution in [3.63, 3.8) is 0 Å². The van der Waals surface area contributed by atoms with Crippen molar-refractivity contribution in [2.45, 2.75) is 13.0 Å². The molecule has 2 rings (SSSR count). The Balaban J connectivity index is 1.74. The summed E-state index contributed by atoms with van der Waals surface area (Å²) >= 11 is 0. The topological polar surface area (TPSA) is 104 Å². The van der Waals surface area contributed by atoms with E-state index in [2.05, 4.69) is 20.8 Å². The molecule has 0 saturated heterocycles. The van der Waals surface area contributed by atoms with Crippen LogP contribution in [0.2, 0.25) is 0 Å². The maximum Gasteiger partial charge on any atom is 0.249 e. The maximum atomic E-state index is 11.6. The Labute approximate surface area is 133 Å². The zero-order valence-electron chi connectivity index (χ0n) is 12.3.